The number of anilines is 1. The quantitative estimate of drug-likeness (QED) is 0.926. The van der Waals surface area contributed by atoms with Gasteiger partial charge in [0.1, 0.15) is 6.33 Å². The fraction of sp³-hybridized carbons (Fsp3) is 0.200. The van der Waals surface area contributed by atoms with Crippen molar-refractivity contribution in [3.8, 4) is 0 Å². The molecule has 1 aromatic carbocycles. The first-order valence-corrected chi connectivity index (χ1v) is 5.37. The number of aryl methyl sites for hydroxylation is 1. The van der Waals surface area contributed by atoms with Crippen molar-refractivity contribution in [2.45, 2.75) is 6.54 Å². The van der Waals surface area contributed by atoms with Crippen LogP contribution in [0.4, 0.5) is 5.69 Å². The lowest BCUT2D eigenvalue weighted by Gasteiger charge is -2.05. The number of hydrogen-bond acceptors (Lipinski definition) is 3. The number of aromatic nitrogens is 3. The van der Waals surface area contributed by atoms with Crippen LogP contribution >= 0.6 is 15.9 Å². The van der Waals surface area contributed by atoms with Crippen LogP contribution in [0, 0.1) is 0 Å². The minimum absolute atomic E-state index is 0.674. The molecule has 0 amide bonds. The van der Waals surface area contributed by atoms with Crippen molar-refractivity contribution >= 4 is 21.6 Å². The molecule has 1 heterocycles. The Balaban J connectivity index is 2.02. The molecule has 0 aliphatic rings. The maximum absolute atomic E-state index is 3.99. The van der Waals surface area contributed by atoms with Gasteiger partial charge in [0.25, 0.3) is 0 Å². The van der Waals surface area contributed by atoms with Gasteiger partial charge in [-0.05, 0) is 18.2 Å². The predicted octanol–water partition coefficient (Wildman–Crippen LogP) is 2.19. The maximum atomic E-state index is 3.99. The van der Waals surface area contributed by atoms with Crippen molar-refractivity contribution in [2.24, 2.45) is 7.05 Å². The summed E-state index contributed by atoms with van der Waals surface area (Å²) in [5.74, 6) is 0.912. The van der Waals surface area contributed by atoms with E-state index in [4.69, 9.17) is 0 Å². The van der Waals surface area contributed by atoms with Crippen LogP contribution in [-0.4, -0.2) is 14.8 Å². The van der Waals surface area contributed by atoms with Crippen LogP contribution in [0.1, 0.15) is 5.82 Å². The van der Waals surface area contributed by atoms with Crippen molar-refractivity contribution in [2.75, 3.05) is 5.32 Å². The minimum atomic E-state index is 0.674. The largest absolute Gasteiger partial charge is 0.378 e. The monoisotopic (exact) mass is 266 g/mol. The standard InChI is InChI=1S/C10H11BrN4/c1-15-7-13-14-10(15)6-12-9-4-2-3-8(11)5-9/h2-5,7,12H,6H2,1H3. The van der Waals surface area contributed by atoms with Gasteiger partial charge in [-0.15, -0.1) is 10.2 Å². The molecule has 0 unspecified atom stereocenters. The SMILES string of the molecule is Cn1cnnc1CNc1cccc(Br)c1. The Morgan fingerprint density at radius 2 is 2.33 bits per heavy atom. The summed E-state index contributed by atoms with van der Waals surface area (Å²) >= 11 is 3.42. The van der Waals surface area contributed by atoms with Crippen molar-refractivity contribution in [1.29, 1.82) is 0 Å². The lowest BCUT2D eigenvalue weighted by Crippen LogP contribution is -2.05. The van der Waals surface area contributed by atoms with E-state index in [0.29, 0.717) is 6.54 Å². The topological polar surface area (TPSA) is 42.7 Å². The van der Waals surface area contributed by atoms with E-state index in [-0.39, 0.29) is 0 Å². The molecular formula is C10H11BrN4. The summed E-state index contributed by atoms with van der Waals surface area (Å²) in [4.78, 5) is 0. The van der Waals surface area contributed by atoms with Crippen LogP contribution in [0.5, 0.6) is 0 Å². The predicted molar refractivity (Wildman–Crippen MR) is 62.5 cm³/mol. The summed E-state index contributed by atoms with van der Waals surface area (Å²) in [6.45, 7) is 0.674. The Labute approximate surface area is 96.5 Å². The first kappa shape index (κ1) is 10.2. The molecule has 15 heavy (non-hydrogen) atoms. The van der Waals surface area contributed by atoms with Crippen molar-refractivity contribution in [3.05, 3.63) is 40.9 Å². The van der Waals surface area contributed by atoms with Gasteiger partial charge in [0.2, 0.25) is 0 Å². The van der Waals surface area contributed by atoms with Crippen LogP contribution in [0.15, 0.2) is 35.1 Å². The Bertz CT molecular complexity index is 452. The van der Waals surface area contributed by atoms with E-state index in [1.165, 1.54) is 0 Å². The fourth-order valence-electron chi connectivity index (χ4n) is 1.25. The summed E-state index contributed by atoms with van der Waals surface area (Å²) < 4.78 is 2.95. The van der Waals surface area contributed by atoms with E-state index in [1.807, 2.05) is 35.9 Å². The molecular weight excluding hydrogens is 256 g/mol. The molecule has 2 aromatic rings. The van der Waals surface area contributed by atoms with Gasteiger partial charge < -0.3 is 9.88 Å². The van der Waals surface area contributed by atoms with Gasteiger partial charge in [-0.2, -0.15) is 0 Å². The molecule has 0 spiro atoms. The minimum Gasteiger partial charge on any atom is -0.378 e. The van der Waals surface area contributed by atoms with E-state index in [2.05, 4.69) is 31.4 Å². The van der Waals surface area contributed by atoms with Gasteiger partial charge >= 0.3 is 0 Å². The zero-order valence-electron chi connectivity index (χ0n) is 8.31. The first-order chi connectivity index (χ1) is 7.25. The number of nitrogens with zero attached hydrogens (tertiary/aromatic N) is 3. The summed E-state index contributed by atoms with van der Waals surface area (Å²) in [6, 6.07) is 8.02. The van der Waals surface area contributed by atoms with Gasteiger partial charge in [-0.3, -0.25) is 0 Å². The van der Waals surface area contributed by atoms with Gasteiger partial charge in [0.05, 0.1) is 6.54 Å². The summed E-state index contributed by atoms with van der Waals surface area (Å²) in [7, 11) is 1.93. The molecule has 0 aliphatic carbocycles. The molecule has 0 radical (unpaired) electrons. The second-order valence-corrected chi connectivity index (χ2v) is 4.14. The lowest BCUT2D eigenvalue weighted by atomic mass is 10.3. The summed E-state index contributed by atoms with van der Waals surface area (Å²) in [5, 5.41) is 11.1. The van der Waals surface area contributed by atoms with Crippen molar-refractivity contribution in [3.63, 3.8) is 0 Å². The van der Waals surface area contributed by atoms with E-state index in [9.17, 15) is 0 Å². The van der Waals surface area contributed by atoms with Crippen LogP contribution in [0.2, 0.25) is 0 Å². The van der Waals surface area contributed by atoms with Gasteiger partial charge in [-0.25, -0.2) is 0 Å². The lowest BCUT2D eigenvalue weighted by molar-refractivity contribution is 0.812. The van der Waals surface area contributed by atoms with Crippen molar-refractivity contribution in [1.82, 2.24) is 14.8 Å². The average molecular weight is 267 g/mol. The van der Waals surface area contributed by atoms with Crippen LogP contribution in [-0.2, 0) is 13.6 Å². The highest BCUT2D eigenvalue weighted by molar-refractivity contribution is 9.10. The molecule has 0 saturated carbocycles. The van der Waals surface area contributed by atoms with Crippen LogP contribution in [0.3, 0.4) is 0 Å². The molecule has 4 nitrogen and oxygen atoms in total. The third kappa shape index (κ3) is 2.56. The van der Waals surface area contributed by atoms with Gasteiger partial charge in [0.15, 0.2) is 5.82 Å². The maximum Gasteiger partial charge on any atom is 0.151 e. The molecule has 2 rings (SSSR count). The molecule has 0 saturated heterocycles. The van der Waals surface area contributed by atoms with E-state index in [1.54, 1.807) is 6.33 Å². The molecule has 5 heteroatoms. The van der Waals surface area contributed by atoms with E-state index >= 15 is 0 Å². The van der Waals surface area contributed by atoms with E-state index in [0.717, 1.165) is 16.0 Å². The molecule has 0 bridgehead atoms. The zero-order chi connectivity index (χ0) is 10.7. The van der Waals surface area contributed by atoms with E-state index < -0.39 is 0 Å². The second kappa shape index (κ2) is 4.44. The van der Waals surface area contributed by atoms with Crippen molar-refractivity contribution < 1.29 is 0 Å². The Morgan fingerprint density at radius 1 is 1.47 bits per heavy atom. The number of hydrogen-bond donors (Lipinski definition) is 1. The fourth-order valence-corrected chi connectivity index (χ4v) is 1.65. The number of halogens is 1. The van der Waals surface area contributed by atoms with Gasteiger partial charge in [-0.1, -0.05) is 22.0 Å². The molecule has 1 aromatic heterocycles. The highest BCUT2D eigenvalue weighted by Gasteiger charge is 1.99. The molecule has 78 valence electrons. The summed E-state index contributed by atoms with van der Waals surface area (Å²) in [5.41, 5.74) is 1.06. The molecule has 0 aliphatic heterocycles. The Morgan fingerprint density at radius 3 is 3.00 bits per heavy atom. The number of rotatable bonds is 3. The Kier molecular flexibility index (Phi) is 3.01. The second-order valence-electron chi connectivity index (χ2n) is 3.22. The third-order valence-corrected chi connectivity index (χ3v) is 2.57. The smallest absolute Gasteiger partial charge is 0.151 e. The molecule has 1 N–H and O–H groups in total. The Hall–Kier alpha value is -1.36. The summed E-state index contributed by atoms with van der Waals surface area (Å²) in [6.07, 6.45) is 1.69. The van der Waals surface area contributed by atoms with Gasteiger partial charge in [0, 0.05) is 17.2 Å². The third-order valence-electron chi connectivity index (χ3n) is 2.08. The first-order valence-electron chi connectivity index (χ1n) is 4.58. The number of benzene rings is 1. The number of nitrogens with one attached hydrogen (secondary N) is 1. The van der Waals surface area contributed by atoms with Crippen LogP contribution in [0.25, 0.3) is 0 Å². The highest BCUT2D eigenvalue weighted by atomic mass is 79.9. The highest BCUT2D eigenvalue weighted by Crippen LogP contribution is 2.15. The molecule has 0 fully saturated rings. The van der Waals surface area contributed by atoms with Crippen LogP contribution < -0.4 is 5.32 Å². The normalized spacial score (nSPS) is 10.3. The molecule has 0 atom stereocenters. The zero-order valence-corrected chi connectivity index (χ0v) is 9.90. The average Bonchev–Trinajstić information content (AvgIpc) is 2.61.